The molecule has 1 aromatic carbocycles. The van der Waals surface area contributed by atoms with Crippen LogP contribution in [0.5, 0.6) is 0 Å². The molecule has 0 aliphatic rings. The Morgan fingerprint density at radius 2 is 1.95 bits per heavy atom. The third-order valence-electron chi connectivity index (χ3n) is 2.94. The number of hydrogen-bond donors (Lipinski definition) is 2. The smallest absolute Gasteiger partial charge is 0.225 e. The molecular formula is C14H21Cl2N3O2. The highest BCUT2D eigenvalue weighted by Gasteiger charge is 2.11. The van der Waals surface area contributed by atoms with Gasteiger partial charge in [0.15, 0.2) is 0 Å². The van der Waals surface area contributed by atoms with Crippen molar-refractivity contribution in [2.24, 2.45) is 0 Å². The van der Waals surface area contributed by atoms with E-state index < -0.39 is 0 Å². The van der Waals surface area contributed by atoms with E-state index >= 15 is 0 Å². The zero-order valence-corrected chi connectivity index (χ0v) is 13.8. The van der Waals surface area contributed by atoms with Crippen LogP contribution in [0.3, 0.4) is 0 Å². The number of carbonyl (C=O) groups excluding carboxylic acids is 1. The minimum atomic E-state index is -0.137. The Morgan fingerprint density at radius 1 is 1.33 bits per heavy atom. The number of anilines is 2. The molecule has 0 atom stereocenters. The fourth-order valence-electron chi connectivity index (χ4n) is 1.80. The highest BCUT2D eigenvalue weighted by Crippen LogP contribution is 2.32. The second-order valence-electron chi connectivity index (χ2n) is 4.81. The number of rotatable bonds is 8. The largest absolute Gasteiger partial charge is 0.399 e. The van der Waals surface area contributed by atoms with Crippen LogP contribution in [0.2, 0.25) is 10.0 Å². The zero-order valence-electron chi connectivity index (χ0n) is 12.3. The van der Waals surface area contributed by atoms with Gasteiger partial charge in [0, 0.05) is 38.9 Å². The summed E-state index contributed by atoms with van der Waals surface area (Å²) in [5, 5.41) is 3.39. The second-order valence-corrected chi connectivity index (χ2v) is 5.62. The lowest BCUT2D eigenvalue weighted by Gasteiger charge is -2.16. The number of nitrogen functional groups attached to an aromatic ring is 1. The molecule has 0 unspecified atom stereocenters. The molecule has 0 fully saturated rings. The van der Waals surface area contributed by atoms with E-state index in [1.165, 1.54) is 0 Å². The molecule has 21 heavy (non-hydrogen) atoms. The standard InChI is InChI=1S/C14H21Cl2N3O2/c1-19(5-3-7-21-2)6-4-13(20)18-14-11(15)8-10(17)9-12(14)16/h8-9H,3-7,17H2,1-2H3,(H,18,20). The molecule has 0 aromatic heterocycles. The maximum atomic E-state index is 11.9. The van der Waals surface area contributed by atoms with E-state index in [4.69, 9.17) is 33.7 Å². The van der Waals surface area contributed by atoms with Gasteiger partial charge in [0.05, 0.1) is 15.7 Å². The first-order valence-corrected chi connectivity index (χ1v) is 7.41. The van der Waals surface area contributed by atoms with E-state index in [-0.39, 0.29) is 5.91 Å². The van der Waals surface area contributed by atoms with Crippen LogP contribution in [0.1, 0.15) is 12.8 Å². The Balaban J connectivity index is 2.44. The molecule has 1 aromatic rings. The van der Waals surface area contributed by atoms with E-state index in [9.17, 15) is 4.79 Å². The van der Waals surface area contributed by atoms with Crippen molar-refractivity contribution in [2.75, 3.05) is 44.9 Å². The molecule has 0 radical (unpaired) electrons. The number of nitrogens with zero attached hydrogens (tertiary/aromatic N) is 1. The number of amides is 1. The number of halogens is 2. The van der Waals surface area contributed by atoms with Crippen LogP contribution in [-0.2, 0) is 9.53 Å². The van der Waals surface area contributed by atoms with Gasteiger partial charge in [-0.1, -0.05) is 23.2 Å². The van der Waals surface area contributed by atoms with Crippen LogP contribution in [-0.4, -0.2) is 44.7 Å². The van der Waals surface area contributed by atoms with Crippen LogP contribution in [0, 0.1) is 0 Å². The Hall–Kier alpha value is -1.01. The SMILES string of the molecule is COCCCN(C)CCC(=O)Nc1c(Cl)cc(N)cc1Cl. The summed E-state index contributed by atoms with van der Waals surface area (Å²) in [6.07, 6.45) is 1.30. The van der Waals surface area contributed by atoms with Crippen molar-refractivity contribution in [3.05, 3.63) is 22.2 Å². The number of hydrogen-bond acceptors (Lipinski definition) is 4. The van der Waals surface area contributed by atoms with Gasteiger partial charge in [0.25, 0.3) is 0 Å². The molecule has 5 nitrogen and oxygen atoms in total. The Kier molecular flexibility index (Phi) is 7.82. The highest BCUT2D eigenvalue weighted by atomic mass is 35.5. The lowest BCUT2D eigenvalue weighted by molar-refractivity contribution is -0.116. The van der Waals surface area contributed by atoms with Gasteiger partial charge in [-0.15, -0.1) is 0 Å². The maximum Gasteiger partial charge on any atom is 0.225 e. The Morgan fingerprint density at radius 3 is 2.52 bits per heavy atom. The highest BCUT2D eigenvalue weighted by molar-refractivity contribution is 6.40. The number of ether oxygens (including phenoxy) is 1. The van der Waals surface area contributed by atoms with Gasteiger partial charge in [-0.05, 0) is 25.6 Å². The van der Waals surface area contributed by atoms with Crippen LogP contribution in [0.15, 0.2) is 12.1 Å². The van der Waals surface area contributed by atoms with Crippen molar-refractivity contribution in [3.63, 3.8) is 0 Å². The van der Waals surface area contributed by atoms with Crippen molar-refractivity contribution in [1.82, 2.24) is 4.90 Å². The summed E-state index contributed by atoms with van der Waals surface area (Å²) < 4.78 is 4.99. The molecule has 0 bridgehead atoms. The van der Waals surface area contributed by atoms with E-state index in [0.29, 0.717) is 41.0 Å². The van der Waals surface area contributed by atoms with Gasteiger partial charge in [-0.3, -0.25) is 4.79 Å². The molecule has 0 aliphatic heterocycles. The Bertz CT molecular complexity index is 460. The maximum absolute atomic E-state index is 11.9. The van der Waals surface area contributed by atoms with Crippen molar-refractivity contribution in [3.8, 4) is 0 Å². The minimum Gasteiger partial charge on any atom is -0.399 e. The first-order valence-electron chi connectivity index (χ1n) is 6.66. The van der Waals surface area contributed by atoms with Crippen molar-refractivity contribution >= 4 is 40.5 Å². The molecule has 0 saturated heterocycles. The molecule has 1 amide bonds. The average Bonchev–Trinajstić information content (AvgIpc) is 2.41. The Labute approximate surface area is 135 Å². The molecule has 118 valence electrons. The van der Waals surface area contributed by atoms with E-state index in [2.05, 4.69) is 10.2 Å². The molecule has 1 rings (SSSR count). The summed E-state index contributed by atoms with van der Waals surface area (Å²) in [6.45, 7) is 2.25. The monoisotopic (exact) mass is 333 g/mol. The van der Waals surface area contributed by atoms with Gasteiger partial charge in [-0.25, -0.2) is 0 Å². The lowest BCUT2D eigenvalue weighted by atomic mass is 10.2. The van der Waals surface area contributed by atoms with Gasteiger partial charge in [0.1, 0.15) is 0 Å². The normalized spacial score (nSPS) is 10.9. The number of benzene rings is 1. The van der Waals surface area contributed by atoms with Gasteiger partial charge < -0.3 is 20.7 Å². The number of nitrogens with two attached hydrogens (primary N) is 1. The molecule has 3 N–H and O–H groups in total. The number of nitrogens with one attached hydrogen (secondary N) is 1. The third-order valence-corrected chi connectivity index (χ3v) is 3.53. The van der Waals surface area contributed by atoms with E-state index in [1.807, 2.05) is 7.05 Å². The van der Waals surface area contributed by atoms with Gasteiger partial charge >= 0.3 is 0 Å². The minimum absolute atomic E-state index is 0.137. The molecule has 7 heteroatoms. The van der Waals surface area contributed by atoms with E-state index in [0.717, 1.165) is 13.0 Å². The third kappa shape index (κ3) is 6.52. The quantitative estimate of drug-likeness (QED) is 0.567. The van der Waals surface area contributed by atoms with Crippen molar-refractivity contribution in [1.29, 1.82) is 0 Å². The molecule has 0 saturated carbocycles. The predicted octanol–water partition coefficient (Wildman–Crippen LogP) is 2.87. The first-order chi connectivity index (χ1) is 9.93. The first kappa shape index (κ1) is 18.0. The summed E-state index contributed by atoms with van der Waals surface area (Å²) in [5.41, 5.74) is 6.48. The number of methoxy groups -OCH3 is 1. The second kappa shape index (κ2) is 9.10. The van der Waals surface area contributed by atoms with Crippen LogP contribution in [0.4, 0.5) is 11.4 Å². The van der Waals surface area contributed by atoms with Gasteiger partial charge in [0.2, 0.25) is 5.91 Å². The van der Waals surface area contributed by atoms with Crippen LogP contribution < -0.4 is 11.1 Å². The number of carbonyl (C=O) groups is 1. The summed E-state index contributed by atoms with van der Waals surface area (Å²) in [7, 11) is 3.64. The average molecular weight is 334 g/mol. The summed E-state index contributed by atoms with van der Waals surface area (Å²) in [6, 6.07) is 3.11. The topological polar surface area (TPSA) is 67.6 Å². The van der Waals surface area contributed by atoms with E-state index in [1.54, 1.807) is 19.2 Å². The summed E-state index contributed by atoms with van der Waals surface area (Å²) in [4.78, 5) is 14.0. The summed E-state index contributed by atoms with van der Waals surface area (Å²) >= 11 is 12.0. The fourth-order valence-corrected chi connectivity index (χ4v) is 2.40. The summed E-state index contributed by atoms with van der Waals surface area (Å²) in [5.74, 6) is -0.137. The van der Waals surface area contributed by atoms with Crippen LogP contribution >= 0.6 is 23.2 Å². The lowest BCUT2D eigenvalue weighted by Crippen LogP contribution is -2.26. The zero-order chi connectivity index (χ0) is 15.8. The van der Waals surface area contributed by atoms with Crippen molar-refractivity contribution < 1.29 is 9.53 Å². The molecule has 0 spiro atoms. The van der Waals surface area contributed by atoms with Crippen molar-refractivity contribution in [2.45, 2.75) is 12.8 Å². The van der Waals surface area contributed by atoms with Crippen LogP contribution in [0.25, 0.3) is 0 Å². The molecule has 0 aliphatic carbocycles. The predicted molar refractivity (Wildman–Crippen MR) is 88.1 cm³/mol. The fraction of sp³-hybridized carbons (Fsp3) is 0.500. The van der Waals surface area contributed by atoms with Gasteiger partial charge in [-0.2, -0.15) is 0 Å². The molecule has 0 heterocycles. The molecular weight excluding hydrogens is 313 g/mol.